The Morgan fingerprint density at radius 3 is 1.80 bits per heavy atom. The fourth-order valence-electron chi connectivity index (χ4n) is 1.84. The molecule has 2 nitrogen and oxygen atoms in total. The van der Waals surface area contributed by atoms with Crippen LogP contribution in [-0.4, -0.2) is 22.4 Å². The van der Waals surface area contributed by atoms with Crippen molar-refractivity contribution in [3.8, 4) is 0 Å². The van der Waals surface area contributed by atoms with Crippen LogP contribution in [0.15, 0.2) is 0 Å². The van der Waals surface area contributed by atoms with E-state index >= 15 is 0 Å². The zero-order valence-corrected chi connectivity index (χ0v) is 6.67. The van der Waals surface area contributed by atoms with Crippen LogP contribution in [0.1, 0.15) is 33.1 Å². The first kappa shape index (κ1) is 8.02. The van der Waals surface area contributed by atoms with Gasteiger partial charge in [0.1, 0.15) is 0 Å². The second-order valence-electron chi connectivity index (χ2n) is 4.12. The van der Waals surface area contributed by atoms with Gasteiger partial charge in [-0.2, -0.15) is 0 Å². The third kappa shape index (κ3) is 1.96. The summed E-state index contributed by atoms with van der Waals surface area (Å²) in [4.78, 5) is 0. The summed E-state index contributed by atoms with van der Waals surface area (Å²) in [6.45, 7) is 4.16. The molecule has 60 valence electrons. The fourth-order valence-corrected chi connectivity index (χ4v) is 1.84. The molecule has 0 unspecified atom stereocenters. The summed E-state index contributed by atoms with van der Waals surface area (Å²) in [6.07, 6.45) is 1.62. The molecule has 0 saturated heterocycles. The molecule has 1 fully saturated rings. The average molecular weight is 144 g/mol. The molecule has 2 heteroatoms. The van der Waals surface area contributed by atoms with E-state index in [-0.39, 0.29) is 17.6 Å². The maximum atomic E-state index is 9.26. The molecule has 1 rings (SSSR count). The van der Waals surface area contributed by atoms with Gasteiger partial charge in [-0.25, -0.2) is 0 Å². The minimum absolute atomic E-state index is 0.122. The van der Waals surface area contributed by atoms with E-state index < -0.39 is 0 Å². The highest BCUT2D eigenvalue weighted by molar-refractivity contribution is 4.83. The zero-order chi connectivity index (χ0) is 7.78. The van der Waals surface area contributed by atoms with Crippen LogP contribution in [0.2, 0.25) is 0 Å². The molecular weight excluding hydrogens is 128 g/mol. The Labute approximate surface area is 61.9 Å². The molecule has 0 heterocycles. The maximum Gasteiger partial charge on any atom is 0.0570 e. The van der Waals surface area contributed by atoms with E-state index in [0.717, 1.165) is 12.8 Å². The van der Waals surface area contributed by atoms with Gasteiger partial charge in [0.2, 0.25) is 0 Å². The van der Waals surface area contributed by atoms with Gasteiger partial charge in [0.05, 0.1) is 12.2 Å². The van der Waals surface area contributed by atoms with Crippen LogP contribution >= 0.6 is 0 Å². The van der Waals surface area contributed by atoms with Crippen molar-refractivity contribution < 1.29 is 10.2 Å². The summed E-state index contributed by atoms with van der Waals surface area (Å²) in [5.41, 5.74) is 0.122. The van der Waals surface area contributed by atoms with Crippen molar-refractivity contribution >= 4 is 0 Å². The number of hydrogen-bond donors (Lipinski definition) is 2. The monoisotopic (exact) mass is 144 g/mol. The highest BCUT2D eigenvalue weighted by atomic mass is 16.3. The summed E-state index contributed by atoms with van der Waals surface area (Å²) >= 11 is 0. The highest BCUT2D eigenvalue weighted by Gasteiger charge is 2.31. The fraction of sp³-hybridized carbons (Fsp3) is 1.00. The van der Waals surface area contributed by atoms with Gasteiger partial charge >= 0.3 is 0 Å². The third-order valence-electron chi connectivity index (χ3n) is 2.12. The maximum absolute atomic E-state index is 9.26. The molecule has 0 aromatic rings. The standard InChI is InChI=1S/C8H16O2/c1-8(2)4-6(9)3-7(10)5-8/h6-7,9-10H,3-5H2,1-2H3/t6-,7+. The van der Waals surface area contributed by atoms with Crippen molar-refractivity contribution in [2.75, 3.05) is 0 Å². The minimum Gasteiger partial charge on any atom is -0.393 e. The molecule has 0 amide bonds. The SMILES string of the molecule is CC1(C)C[C@H](O)C[C@H](O)C1. The summed E-state index contributed by atoms with van der Waals surface area (Å²) in [6, 6.07) is 0. The molecule has 1 saturated carbocycles. The van der Waals surface area contributed by atoms with Gasteiger partial charge < -0.3 is 10.2 Å². The number of hydrogen-bond acceptors (Lipinski definition) is 2. The van der Waals surface area contributed by atoms with Crippen LogP contribution in [0.3, 0.4) is 0 Å². The Kier molecular flexibility index (Phi) is 2.02. The number of rotatable bonds is 0. The van der Waals surface area contributed by atoms with Crippen molar-refractivity contribution in [3.63, 3.8) is 0 Å². The quantitative estimate of drug-likeness (QED) is 0.530. The van der Waals surface area contributed by atoms with Crippen LogP contribution in [-0.2, 0) is 0 Å². The lowest BCUT2D eigenvalue weighted by Crippen LogP contribution is -2.34. The van der Waals surface area contributed by atoms with Gasteiger partial charge in [-0.3, -0.25) is 0 Å². The van der Waals surface area contributed by atoms with E-state index in [4.69, 9.17) is 0 Å². The molecule has 0 radical (unpaired) electrons. The predicted molar refractivity (Wildman–Crippen MR) is 39.6 cm³/mol. The van der Waals surface area contributed by atoms with Crippen LogP contribution in [0.25, 0.3) is 0 Å². The van der Waals surface area contributed by atoms with Crippen LogP contribution in [0, 0.1) is 5.41 Å². The lowest BCUT2D eigenvalue weighted by Gasteiger charge is -2.35. The number of aliphatic hydroxyl groups is 2. The Morgan fingerprint density at radius 2 is 1.50 bits per heavy atom. The zero-order valence-electron chi connectivity index (χ0n) is 6.67. The van der Waals surface area contributed by atoms with Crippen molar-refractivity contribution in [2.45, 2.75) is 45.3 Å². The van der Waals surface area contributed by atoms with Crippen molar-refractivity contribution in [1.29, 1.82) is 0 Å². The molecule has 1 aliphatic carbocycles. The summed E-state index contributed by atoms with van der Waals surface area (Å²) in [5, 5.41) is 18.5. The first-order valence-electron chi connectivity index (χ1n) is 3.86. The molecule has 10 heavy (non-hydrogen) atoms. The molecule has 0 aliphatic heterocycles. The smallest absolute Gasteiger partial charge is 0.0570 e. The van der Waals surface area contributed by atoms with Crippen LogP contribution in [0.4, 0.5) is 0 Å². The predicted octanol–water partition coefficient (Wildman–Crippen LogP) is 0.918. The first-order valence-corrected chi connectivity index (χ1v) is 3.86. The van der Waals surface area contributed by atoms with Gasteiger partial charge in [-0.15, -0.1) is 0 Å². The Morgan fingerprint density at radius 1 is 1.10 bits per heavy atom. The molecule has 2 atom stereocenters. The number of aliphatic hydroxyl groups excluding tert-OH is 2. The van der Waals surface area contributed by atoms with E-state index in [1.807, 2.05) is 0 Å². The van der Waals surface area contributed by atoms with E-state index in [1.165, 1.54) is 0 Å². The largest absolute Gasteiger partial charge is 0.393 e. The minimum atomic E-state index is -0.293. The normalized spacial score (nSPS) is 39.6. The topological polar surface area (TPSA) is 40.5 Å². The van der Waals surface area contributed by atoms with Gasteiger partial charge in [-0.05, 0) is 24.7 Å². The summed E-state index contributed by atoms with van der Waals surface area (Å²) in [5.74, 6) is 0. The molecule has 1 aliphatic rings. The molecule has 0 aromatic heterocycles. The molecule has 0 bridgehead atoms. The average Bonchev–Trinajstić information content (AvgIpc) is 1.54. The van der Waals surface area contributed by atoms with Crippen molar-refractivity contribution in [3.05, 3.63) is 0 Å². The molecule has 2 N–H and O–H groups in total. The molecule has 0 aromatic carbocycles. The van der Waals surface area contributed by atoms with E-state index in [0.29, 0.717) is 6.42 Å². The van der Waals surface area contributed by atoms with Crippen LogP contribution in [0.5, 0.6) is 0 Å². The Balaban J connectivity index is 2.51. The lowest BCUT2D eigenvalue weighted by molar-refractivity contribution is -0.0144. The van der Waals surface area contributed by atoms with Crippen molar-refractivity contribution in [2.24, 2.45) is 5.41 Å². The van der Waals surface area contributed by atoms with E-state index in [1.54, 1.807) is 0 Å². The highest BCUT2D eigenvalue weighted by Crippen LogP contribution is 2.35. The Hall–Kier alpha value is -0.0800. The van der Waals surface area contributed by atoms with Gasteiger partial charge in [-0.1, -0.05) is 13.8 Å². The Bertz CT molecular complexity index is 108. The second kappa shape index (κ2) is 2.51. The summed E-state index contributed by atoms with van der Waals surface area (Å²) < 4.78 is 0. The van der Waals surface area contributed by atoms with Crippen LogP contribution < -0.4 is 0 Å². The first-order chi connectivity index (χ1) is 4.49. The van der Waals surface area contributed by atoms with Gasteiger partial charge in [0.15, 0.2) is 0 Å². The van der Waals surface area contributed by atoms with E-state index in [2.05, 4.69) is 13.8 Å². The lowest BCUT2D eigenvalue weighted by atomic mass is 9.75. The molecular formula is C8H16O2. The third-order valence-corrected chi connectivity index (χ3v) is 2.12. The van der Waals surface area contributed by atoms with Gasteiger partial charge in [0, 0.05) is 0 Å². The van der Waals surface area contributed by atoms with E-state index in [9.17, 15) is 10.2 Å². The van der Waals surface area contributed by atoms with Crippen molar-refractivity contribution in [1.82, 2.24) is 0 Å². The second-order valence-corrected chi connectivity index (χ2v) is 4.12. The molecule has 0 spiro atoms. The summed E-state index contributed by atoms with van der Waals surface area (Å²) in [7, 11) is 0. The van der Waals surface area contributed by atoms with Gasteiger partial charge in [0.25, 0.3) is 0 Å².